The first-order valence-electron chi connectivity index (χ1n) is 14.3. The minimum absolute atomic E-state index is 0.102. The Balaban J connectivity index is 1.57. The van der Waals surface area contributed by atoms with Gasteiger partial charge in [0.1, 0.15) is 6.04 Å². The van der Waals surface area contributed by atoms with Crippen LogP contribution in [0.2, 0.25) is 0 Å². The number of rotatable bonds is 9. The number of benzene rings is 3. The molecule has 0 spiro atoms. The second-order valence-electron chi connectivity index (χ2n) is 11.1. The highest BCUT2D eigenvalue weighted by Gasteiger charge is 2.37. The van der Waals surface area contributed by atoms with E-state index in [0.29, 0.717) is 59.0 Å². The molecule has 1 saturated heterocycles. The van der Waals surface area contributed by atoms with E-state index < -0.39 is 21.9 Å². The Bertz CT molecular complexity index is 1740. The van der Waals surface area contributed by atoms with Crippen LogP contribution < -0.4 is 25.4 Å². The molecule has 3 atom stereocenters. The summed E-state index contributed by atoms with van der Waals surface area (Å²) in [4.78, 5) is 40.7. The number of carbonyl (C=O) groups is 3. The Morgan fingerprint density at radius 3 is 2.39 bits per heavy atom. The lowest BCUT2D eigenvalue weighted by molar-refractivity contribution is -0.133. The lowest BCUT2D eigenvalue weighted by atomic mass is 10.00. The highest BCUT2D eigenvalue weighted by molar-refractivity contribution is 7.90. The summed E-state index contributed by atoms with van der Waals surface area (Å²) in [5.41, 5.74) is 3.46. The molecule has 0 saturated carbocycles. The van der Waals surface area contributed by atoms with Crippen molar-refractivity contribution in [2.24, 2.45) is 0 Å². The van der Waals surface area contributed by atoms with Gasteiger partial charge >= 0.3 is 0 Å². The molecule has 44 heavy (non-hydrogen) atoms. The van der Waals surface area contributed by atoms with Crippen molar-refractivity contribution >= 4 is 38.9 Å². The summed E-state index contributed by atoms with van der Waals surface area (Å²) >= 11 is 0. The van der Waals surface area contributed by atoms with Crippen LogP contribution >= 0.6 is 0 Å². The number of hydrogen-bond donors (Lipinski definition) is 3. The molecule has 12 heteroatoms. The normalized spacial score (nSPS) is 18.3. The summed E-state index contributed by atoms with van der Waals surface area (Å²) < 4.78 is 36.6. The van der Waals surface area contributed by atoms with E-state index >= 15 is 0 Å². The van der Waals surface area contributed by atoms with Crippen LogP contribution in [0.3, 0.4) is 0 Å². The summed E-state index contributed by atoms with van der Waals surface area (Å²) in [7, 11) is -0.616. The molecule has 5 rings (SSSR count). The SMILES string of the molecule is COc1ccc([C@@H](Nc2ccc3c(c2)C(=O)NC3C)C(=O)N2CCC[C@@H]2c2cc(NC(C)=O)ccc2S(C)(=O)=O)cc1OC. The van der Waals surface area contributed by atoms with Crippen LogP contribution in [0.4, 0.5) is 11.4 Å². The van der Waals surface area contributed by atoms with Crippen LogP contribution in [0.1, 0.15) is 71.9 Å². The van der Waals surface area contributed by atoms with Crippen molar-refractivity contribution in [2.45, 2.75) is 49.7 Å². The molecule has 2 aliphatic rings. The number of amides is 3. The van der Waals surface area contributed by atoms with E-state index in [0.717, 1.165) is 11.8 Å². The Morgan fingerprint density at radius 1 is 0.977 bits per heavy atom. The maximum absolute atomic E-state index is 14.6. The van der Waals surface area contributed by atoms with E-state index in [4.69, 9.17) is 9.47 Å². The molecule has 0 bridgehead atoms. The number of sulfone groups is 1. The number of likely N-dealkylation sites (tertiary alicyclic amines) is 1. The average molecular weight is 621 g/mol. The number of nitrogens with zero attached hydrogens (tertiary/aromatic N) is 1. The molecule has 232 valence electrons. The second kappa shape index (κ2) is 12.2. The summed E-state index contributed by atoms with van der Waals surface area (Å²) in [5.74, 6) is 0.168. The first kappa shape index (κ1) is 30.9. The van der Waals surface area contributed by atoms with Crippen LogP contribution in [0.25, 0.3) is 0 Å². The smallest absolute Gasteiger partial charge is 0.252 e. The summed E-state index contributed by atoms with van der Waals surface area (Å²) in [5, 5.41) is 8.95. The monoisotopic (exact) mass is 620 g/mol. The van der Waals surface area contributed by atoms with Crippen molar-refractivity contribution in [1.29, 1.82) is 0 Å². The molecular formula is C32H36N4O7S. The van der Waals surface area contributed by atoms with E-state index in [-0.39, 0.29) is 28.7 Å². The quantitative estimate of drug-likeness (QED) is 0.320. The summed E-state index contributed by atoms with van der Waals surface area (Å²) in [6.07, 6.45) is 2.32. The van der Waals surface area contributed by atoms with Crippen molar-refractivity contribution < 1.29 is 32.3 Å². The molecule has 2 aliphatic heterocycles. The fourth-order valence-electron chi connectivity index (χ4n) is 6.01. The van der Waals surface area contributed by atoms with E-state index in [1.54, 1.807) is 41.3 Å². The molecular weight excluding hydrogens is 584 g/mol. The van der Waals surface area contributed by atoms with Gasteiger partial charge in [-0.3, -0.25) is 14.4 Å². The second-order valence-corrected chi connectivity index (χ2v) is 13.1. The van der Waals surface area contributed by atoms with Gasteiger partial charge in [0, 0.05) is 36.7 Å². The zero-order chi connectivity index (χ0) is 31.8. The molecule has 0 aliphatic carbocycles. The molecule has 1 fully saturated rings. The fraction of sp³-hybridized carbons (Fsp3) is 0.344. The first-order chi connectivity index (χ1) is 20.9. The standard InChI is InChI=1S/C32H36N4O7S/c1-18-23-11-9-22(16-24(23)31(38)33-18)35-30(20-8-12-27(42-3)28(15-20)43-4)32(39)36-14-6-7-26(36)25-17-21(34-19(2)37)10-13-29(25)44(5,40)41/h8-13,15-18,26,30,35H,6-7,14H2,1-5H3,(H,33,38)(H,34,37)/t18?,26-,30-/m1/s1. The number of methoxy groups -OCH3 is 2. The third-order valence-electron chi connectivity index (χ3n) is 8.04. The van der Waals surface area contributed by atoms with Crippen molar-refractivity contribution in [3.8, 4) is 11.5 Å². The lowest BCUT2D eigenvalue weighted by Crippen LogP contribution is -2.38. The van der Waals surface area contributed by atoms with Crippen LogP contribution in [0.15, 0.2) is 59.5 Å². The molecule has 11 nitrogen and oxygen atoms in total. The number of anilines is 2. The minimum atomic E-state index is -3.65. The molecule has 3 aromatic carbocycles. The van der Waals surface area contributed by atoms with Gasteiger partial charge in [0.2, 0.25) is 11.8 Å². The molecule has 1 unspecified atom stereocenters. The minimum Gasteiger partial charge on any atom is -0.493 e. The number of ether oxygens (including phenoxy) is 2. The number of carbonyl (C=O) groups excluding carboxylic acids is 3. The topological polar surface area (TPSA) is 143 Å². The van der Waals surface area contributed by atoms with Gasteiger partial charge in [-0.05, 0) is 78.9 Å². The Morgan fingerprint density at radius 2 is 1.70 bits per heavy atom. The highest BCUT2D eigenvalue weighted by atomic mass is 32.2. The lowest BCUT2D eigenvalue weighted by Gasteiger charge is -2.31. The summed E-state index contributed by atoms with van der Waals surface area (Å²) in [6.45, 7) is 3.68. The van der Waals surface area contributed by atoms with E-state index in [1.807, 2.05) is 19.1 Å². The maximum atomic E-state index is 14.6. The van der Waals surface area contributed by atoms with Crippen LogP contribution in [0.5, 0.6) is 11.5 Å². The van der Waals surface area contributed by atoms with Crippen LogP contribution in [-0.2, 0) is 19.4 Å². The Hall–Kier alpha value is -4.58. The van der Waals surface area contributed by atoms with E-state index in [9.17, 15) is 22.8 Å². The third kappa shape index (κ3) is 6.07. The van der Waals surface area contributed by atoms with Crippen LogP contribution in [-0.4, -0.2) is 58.1 Å². The number of fused-ring (bicyclic) bond motifs is 1. The van der Waals surface area contributed by atoms with Crippen molar-refractivity contribution in [1.82, 2.24) is 10.2 Å². The van der Waals surface area contributed by atoms with Gasteiger partial charge in [-0.1, -0.05) is 12.1 Å². The molecule has 3 aromatic rings. The fourth-order valence-corrected chi connectivity index (χ4v) is 6.94. The van der Waals surface area contributed by atoms with Crippen molar-refractivity contribution in [2.75, 3.05) is 37.7 Å². The predicted octanol–water partition coefficient (Wildman–Crippen LogP) is 4.39. The predicted molar refractivity (Wildman–Crippen MR) is 166 cm³/mol. The maximum Gasteiger partial charge on any atom is 0.252 e. The number of hydrogen-bond acceptors (Lipinski definition) is 8. The third-order valence-corrected chi connectivity index (χ3v) is 9.21. The molecule has 0 aromatic heterocycles. The average Bonchev–Trinajstić information content (AvgIpc) is 3.58. The van der Waals surface area contributed by atoms with E-state index in [1.165, 1.54) is 27.2 Å². The van der Waals surface area contributed by atoms with Gasteiger partial charge in [0.25, 0.3) is 5.91 Å². The van der Waals surface area contributed by atoms with Gasteiger partial charge < -0.3 is 30.3 Å². The van der Waals surface area contributed by atoms with Gasteiger partial charge in [-0.25, -0.2) is 8.42 Å². The Labute approximate surface area is 256 Å². The Kier molecular flexibility index (Phi) is 8.55. The van der Waals surface area contributed by atoms with Crippen molar-refractivity contribution in [3.05, 3.63) is 76.9 Å². The zero-order valence-electron chi connectivity index (χ0n) is 25.3. The largest absolute Gasteiger partial charge is 0.493 e. The first-order valence-corrected chi connectivity index (χ1v) is 16.2. The zero-order valence-corrected chi connectivity index (χ0v) is 26.1. The van der Waals surface area contributed by atoms with Crippen LogP contribution in [0, 0.1) is 0 Å². The molecule has 3 N–H and O–H groups in total. The van der Waals surface area contributed by atoms with Gasteiger partial charge in [-0.2, -0.15) is 0 Å². The van der Waals surface area contributed by atoms with Crippen molar-refractivity contribution in [3.63, 3.8) is 0 Å². The molecule has 3 amide bonds. The highest BCUT2D eigenvalue weighted by Crippen LogP contribution is 2.40. The summed E-state index contributed by atoms with van der Waals surface area (Å²) in [6, 6.07) is 13.7. The molecule has 0 radical (unpaired) electrons. The number of nitrogens with one attached hydrogen (secondary N) is 3. The van der Waals surface area contributed by atoms with Gasteiger partial charge in [0.15, 0.2) is 21.3 Å². The van der Waals surface area contributed by atoms with E-state index in [2.05, 4.69) is 16.0 Å². The van der Waals surface area contributed by atoms with Gasteiger partial charge in [-0.15, -0.1) is 0 Å². The molecule has 2 heterocycles. The van der Waals surface area contributed by atoms with Gasteiger partial charge in [0.05, 0.1) is 31.2 Å².